The number of amides is 1. The number of hydrogen-bond acceptors (Lipinski definition) is 4. The third-order valence-electron chi connectivity index (χ3n) is 3.83. The molecule has 1 aromatic carbocycles. The number of thiazole rings is 1. The number of carbonyl (C=O) groups is 2. The summed E-state index contributed by atoms with van der Waals surface area (Å²) < 4.78 is 0. The van der Waals surface area contributed by atoms with Crippen molar-refractivity contribution in [1.29, 1.82) is 0 Å². The largest absolute Gasteiger partial charge is 0.481 e. The van der Waals surface area contributed by atoms with Gasteiger partial charge in [0.2, 0.25) is 0 Å². The monoisotopic (exact) mass is 316 g/mol. The first kappa shape index (κ1) is 14.7. The van der Waals surface area contributed by atoms with E-state index in [0.717, 1.165) is 22.0 Å². The van der Waals surface area contributed by atoms with Crippen molar-refractivity contribution in [3.8, 4) is 0 Å². The second-order valence-corrected chi connectivity index (χ2v) is 6.62. The summed E-state index contributed by atoms with van der Waals surface area (Å²) in [4.78, 5) is 30.5. The van der Waals surface area contributed by atoms with E-state index >= 15 is 0 Å². The number of carbonyl (C=O) groups excluding carboxylic acids is 1. The van der Waals surface area contributed by atoms with Crippen LogP contribution < -0.4 is 4.90 Å². The molecule has 1 aliphatic heterocycles. The molecule has 2 heterocycles. The molecule has 0 saturated carbocycles. The summed E-state index contributed by atoms with van der Waals surface area (Å²) in [7, 11) is 0. The van der Waals surface area contributed by atoms with Gasteiger partial charge in [-0.3, -0.25) is 9.59 Å². The van der Waals surface area contributed by atoms with Gasteiger partial charge in [0.05, 0.1) is 17.1 Å². The smallest absolute Gasteiger partial charge is 0.304 e. The molecule has 1 aromatic heterocycles. The van der Waals surface area contributed by atoms with Gasteiger partial charge < -0.3 is 10.0 Å². The van der Waals surface area contributed by atoms with E-state index in [0.29, 0.717) is 11.4 Å². The van der Waals surface area contributed by atoms with Gasteiger partial charge in [0, 0.05) is 18.2 Å². The molecule has 0 aliphatic carbocycles. The van der Waals surface area contributed by atoms with E-state index in [-0.39, 0.29) is 18.2 Å². The van der Waals surface area contributed by atoms with Gasteiger partial charge in [-0.15, -0.1) is 11.3 Å². The SMILES string of the molecule is Cc1nc(C)c(C(=O)N2CC(CC(=O)O)c3ccccc32)s1. The van der Waals surface area contributed by atoms with Crippen molar-refractivity contribution in [2.75, 3.05) is 11.4 Å². The van der Waals surface area contributed by atoms with Crippen molar-refractivity contribution >= 4 is 28.9 Å². The predicted octanol–water partition coefficient (Wildman–Crippen LogP) is 2.98. The zero-order chi connectivity index (χ0) is 15.9. The Kier molecular flexibility index (Phi) is 3.70. The van der Waals surface area contributed by atoms with Gasteiger partial charge in [0.1, 0.15) is 4.88 Å². The summed E-state index contributed by atoms with van der Waals surface area (Å²) >= 11 is 1.38. The van der Waals surface area contributed by atoms with Crippen molar-refractivity contribution in [2.45, 2.75) is 26.2 Å². The Balaban J connectivity index is 1.97. The van der Waals surface area contributed by atoms with Gasteiger partial charge in [-0.25, -0.2) is 4.98 Å². The molecule has 3 rings (SSSR count). The Hall–Kier alpha value is -2.21. The third-order valence-corrected chi connectivity index (χ3v) is 4.90. The lowest BCUT2D eigenvalue weighted by molar-refractivity contribution is -0.137. The normalized spacial score (nSPS) is 16.6. The highest BCUT2D eigenvalue weighted by molar-refractivity contribution is 7.13. The summed E-state index contributed by atoms with van der Waals surface area (Å²) in [5.41, 5.74) is 2.47. The van der Waals surface area contributed by atoms with E-state index in [4.69, 9.17) is 5.11 Å². The maximum absolute atomic E-state index is 12.8. The molecule has 1 N–H and O–H groups in total. The molecule has 6 heteroatoms. The van der Waals surface area contributed by atoms with Crippen LogP contribution in [-0.4, -0.2) is 28.5 Å². The number of hydrogen-bond donors (Lipinski definition) is 1. The molecule has 5 nitrogen and oxygen atoms in total. The van der Waals surface area contributed by atoms with Crippen molar-refractivity contribution in [3.63, 3.8) is 0 Å². The Morgan fingerprint density at radius 3 is 2.73 bits per heavy atom. The van der Waals surface area contributed by atoms with E-state index in [1.807, 2.05) is 38.1 Å². The molecule has 1 aliphatic rings. The quantitative estimate of drug-likeness (QED) is 0.945. The number of carboxylic acids is 1. The first-order chi connectivity index (χ1) is 10.5. The van der Waals surface area contributed by atoms with Crippen molar-refractivity contribution in [3.05, 3.63) is 45.4 Å². The highest BCUT2D eigenvalue weighted by Crippen LogP contribution is 2.39. The van der Waals surface area contributed by atoms with Crippen molar-refractivity contribution in [1.82, 2.24) is 4.98 Å². The molecule has 0 saturated heterocycles. The van der Waals surface area contributed by atoms with Gasteiger partial charge in [0.15, 0.2) is 0 Å². The third kappa shape index (κ3) is 2.50. The van der Waals surface area contributed by atoms with Crippen LogP contribution in [0.4, 0.5) is 5.69 Å². The van der Waals surface area contributed by atoms with E-state index in [1.54, 1.807) is 4.90 Å². The van der Waals surface area contributed by atoms with Crippen LogP contribution >= 0.6 is 11.3 Å². The second-order valence-electron chi connectivity index (χ2n) is 5.42. The number of rotatable bonds is 3. The number of carboxylic acid groups (broad SMARTS) is 1. The van der Waals surface area contributed by atoms with E-state index in [9.17, 15) is 9.59 Å². The number of benzene rings is 1. The number of anilines is 1. The molecule has 0 fully saturated rings. The molecule has 1 amide bonds. The van der Waals surface area contributed by atoms with E-state index in [1.165, 1.54) is 11.3 Å². The molecule has 114 valence electrons. The molecule has 0 bridgehead atoms. The fourth-order valence-electron chi connectivity index (χ4n) is 2.93. The summed E-state index contributed by atoms with van der Waals surface area (Å²) in [5.74, 6) is -1.10. The molecule has 0 spiro atoms. The summed E-state index contributed by atoms with van der Waals surface area (Å²) in [6, 6.07) is 7.52. The molecule has 2 aromatic rings. The first-order valence-corrected chi connectivity index (χ1v) is 7.85. The number of aromatic nitrogens is 1. The molecule has 1 unspecified atom stereocenters. The second kappa shape index (κ2) is 5.53. The molecular weight excluding hydrogens is 300 g/mol. The topological polar surface area (TPSA) is 70.5 Å². The zero-order valence-corrected chi connectivity index (χ0v) is 13.2. The van der Waals surface area contributed by atoms with Gasteiger partial charge >= 0.3 is 5.97 Å². The number of aryl methyl sites for hydroxylation is 2. The minimum atomic E-state index is -0.848. The van der Waals surface area contributed by atoms with Crippen LogP contribution in [0, 0.1) is 13.8 Å². The summed E-state index contributed by atoms with van der Waals surface area (Å²) in [6.45, 7) is 4.11. The van der Waals surface area contributed by atoms with E-state index in [2.05, 4.69) is 4.98 Å². The maximum Gasteiger partial charge on any atom is 0.304 e. The molecule has 0 radical (unpaired) electrons. The predicted molar refractivity (Wildman–Crippen MR) is 84.7 cm³/mol. The van der Waals surface area contributed by atoms with Crippen LogP contribution in [0.25, 0.3) is 0 Å². The van der Waals surface area contributed by atoms with Crippen LogP contribution in [0.3, 0.4) is 0 Å². The average molecular weight is 316 g/mol. The number of nitrogens with zero attached hydrogens (tertiary/aromatic N) is 2. The molecule has 1 atom stereocenters. The standard InChI is InChI=1S/C16H16N2O3S/c1-9-15(22-10(2)17-9)16(21)18-8-11(7-14(19)20)12-5-3-4-6-13(12)18/h3-6,11H,7-8H2,1-2H3,(H,19,20). The zero-order valence-electron chi connectivity index (χ0n) is 12.4. The lowest BCUT2D eigenvalue weighted by Gasteiger charge is -2.17. The van der Waals surface area contributed by atoms with Crippen LogP contribution in [0.15, 0.2) is 24.3 Å². The number of aliphatic carboxylic acids is 1. The summed E-state index contributed by atoms with van der Waals surface area (Å²) in [5, 5.41) is 9.93. The Morgan fingerprint density at radius 1 is 1.36 bits per heavy atom. The fraction of sp³-hybridized carbons (Fsp3) is 0.312. The lowest BCUT2D eigenvalue weighted by atomic mass is 9.98. The van der Waals surface area contributed by atoms with Gasteiger partial charge in [-0.1, -0.05) is 18.2 Å². The number of fused-ring (bicyclic) bond motifs is 1. The van der Waals surface area contributed by atoms with Gasteiger partial charge in [0.25, 0.3) is 5.91 Å². The van der Waals surface area contributed by atoms with Crippen molar-refractivity contribution < 1.29 is 14.7 Å². The minimum Gasteiger partial charge on any atom is -0.481 e. The minimum absolute atomic E-state index is 0.0293. The summed E-state index contributed by atoms with van der Waals surface area (Å²) in [6.07, 6.45) is 0.0293. The Bertz CT molecular complexity index is 754. The van der Waals surface area contributed by atoms with Gasteiger partial charge in [-0.2, -0.15) is 0 Å². The van der Waals surface area contributed by atoms with Crippen molar-refractivity contribution in [2.24, 2.45) is 0 Å². The first-order valence-electron chi connectivity index (χ1n) is 7.04. The van der Waals surface area contributed by atoms with Gasteiger partial charge in [-0.05, 0) is 25.5 Å². The maximum atomic E-state index is 12.8. The Morgan fingerprint density at radius 2 is 2.09 bits per heavy atom. The highest BCUT2D eigenvalue weighted by atomic mass is 32.1. The number of para-hydroxylation sites is 1. The fourth-order valence-corrected chi connectivity index (χ4v) is 3.79. The lowest BCUT2D eigenvalue weighted by Crippen LogP contribution is -2.30. The highest BCUT2D eigenvalue weighted by Gasteiger charge is 2.34. The van der Waals surface area contributed by atoms with Crippen LogP contribution in [0.2, 0.25) is 0 Å². The van der Waals surface area contributed by atoms with Crippen LogP contribution in [-0.2, 0) is 4.79 Å². The van der Waals surface area contributed by atoms with Crippen LogP contribution in [0.5, 0.6) is 0 Å². The molecular formula is C16H16N2O3S. The molecule has 22 heavy (non-hydrogen) atoms. The average Bonchev–Trinajstić information content (AvgIpc) is 2.99. The van der Waals surface area contributed by atoms with Crippen LogP contribution in [0.1, 0.15) is 38.3 Å². The Labute approximate surface area is 132 Å². The van der Waals surface area contributed by atoms with E-state index < -0.39 is 5.97 Å².